The summed E-state index contributed by atoms with van der Waals surface area (Å²) >= 11 is 2.01. The maximum absolute atomic E-state index is 5.55. The van der Waals surface area contributed by atoms with Crippen LogP contribution in [0.3, 0.4) is 0 Å². The van der Waals surface area contributed by atoms with E-state index in [1.807, 2.05) is 18.0 Å². The number of nitrogens with zero attached hydrogens (tertiary/aromatic N) is 2. The summed E-state index contributed by atoms with van der Waals surface area (Å²) in [5.41, 5.74) is 8.16. The molecule has 1 atom stereocenters. The Kier molecular flexibility index (Phi) is 3.13. The van der Waals surface area contributed by atoms with Gasteiger partial charge in [0.1, 0.15) is 0 Å². The van der Waals surface area contributed by atoms with Crippen molar-refractivity contribution >= 4 is 11.8 Å². The lowest BCUT2D eigenvalue weighted by molar-refractivity contribution is 0.563. The molecule has 2 rings (SSSR count). The van der Waals surface area contributed by atoms with E-state index >= 15 is 0 Å². The summed E-state index contributed by atoms with van der Waals surface area (Å²) in [5.74, 6) is 1.27. The molecule has 2 heterocycles. The standard InChI is InChI=1S/C10H17N3S/c1-8-9(4-5-11)7-12-13(8)10-3-2-6-14-10/h7,10H,2-6,11H2,1H3. The number of aromatic nitrogens is 2. The fraction of sp³-hybridized carbons (Fsp3) is 0.700. The van der Waals surface area contributed by atoms with E-state index < -0.39 is 0 Å². The Morgan fingerprint density at radius 2 is 2.57 bits per heavy atom. The van der Waals surface area contributed by atoms with Gasteiger partial charge in [0, 0.05) is 5.69 Å². The minimum absolute atomic E-state index is 0.571. The molecule has 14 heavy (non-hydrogen) atoms. The van der Waals surface area contributed by atoms with Crippen LogP contribution in [0.25, 0.3) is 0 Å². The highest BCUT2D eigenvalue weighted by atomic mass is 32.2. The van der Waals surface area contributed by atoms with Crippen molar-refractivity contribution in [2.45, 2.75) is 31.6 Å². The molecule has 1 aliphatic rings. The summed E-state index contributed by atoms with van der Waals surface area (Å²) in [7, 11) is 0. The molecule has 1 fully saturated rings. The summed E-state index contributed by atoms with van der Waals surface area (Å²) in [5, 5.41) is 5.03. The third-order valence-electron chi connectivity index (χ3n) is 2.74. The van der Waals surface area contributed by atoms with E-state index in [4.69, 9.17) is 5.73 Å². The van der Waals surface area contributed by atoms with Gasteiger partial charge < -0.3 is 5.73 Å². The van der Waals surface area contributed by atoms with Crippen molar-refractivity contribution in [3.8, 4) is 0 Å². The van der Waals surface area contributed by atoms with E-state index in [2.05, 4.69) is 16.7 Å². The molecule has 0 bridgehead atoms. The van der Waals surface area contributed by atoms with Crippen LogP contribution < -0.4 is 5.73 Å². The topological polar surface area (TPSA) is 43.8 Å². The van der Waals surface area contributed by atoms with Gasteiger partial charge in [-0.05, 0) is 44.0 Å². The minimum Gasteiger partial charge on any atom is -0.330 e. The Morgan fingerprint density at radius 3 is 3.21 bits per heavy atom. The molecule has 78 valence electrons. The maximum atomic E-state index is 5.55. The smallest absolute Gasteiger partial charge is 0.0974 e. The van der Waals surface area contributed by atoms with Gasteiger partial charge in [0.05, 0.1) is 11.6 Å². The number of thioether (sulfide) groups is 1. The van der Waals surface area contributed by atoms with Gasteiger partial charge in [-0.1, -0.05) is 0 Å². The van der Waals surface area contributed by atoms with Crippen molar-refractivity contribution in [1.29, 1.82) is 0 Å². The zero-order valence-corrected chi connectivity index (χ0v) is 9.39. The molecule has 0 radical (unpaired) electrons. The fourth-order valence-electron chi connectivity index (χ4n) is 1.90. The van der Waals surface area contributed by atoms with Gasteiger partial charge in [-0.2, -0.15) is 5.10 Å². The molecule has 0 amide bonds. The van der Waals surface area contributed by atoms with Gasteiger partial charge >= 0.3 is 0 Å². The molecule has 0 saturated carbocycles. The minimum atomic E-state index is 0.571. The van der Waals surface area contributed by atoms with Gasteiger partial charge in [0.15, 0.2) is 0 Å². The molecular formula is C10H17N3S. The highest BCUT2D eigenvalue weighted by molar-refractivity contribution is 7.99. The van der Waals surface area contributed by atoms with Crippen molar-refractivity contribution in [2.24, 2.45) is 5.73 Å². The number of hydrogen-bond acceptors (Lipinski definition) is 3. The van der Waals surface area contributed by atoms with Gasteiger partial charge in [0.2, 0.25) is 0 Å². The molecule has 0 aliphatic carbocycles. The number of nitrogens with two attached hydrogens (primary N) is 1. The molecule has 1 aliphatic heterocycles. The summed E-state index contributed by atoms with van der Waals surface area (Å²) in [4.78, 5) is 0. The predicted octanol–water partition coefficient (Wildman–Crippen LogP) is 1.72. The van der Waals surface area contributed by atoms with Crippen LogP contribution in [0, 0.1) is 6.92 Å². The highest BCUT2D eigenvalue weighted by Crippen LogP contribution is 2.36. The van der Waals surface area contributed by atoms with Crippen LogP contribution in [0.2, 0.25) is 0 Å². The summed E-state index contributed by atoms with van der Waals surface area (Å²) in [6.07, 6.45) is 5.50. The SMILES string of the molecule is Cc1c(CCN)cnn1C1CCCS1. The first kappa shape index (κ1) is 10.1. The molecule has 4 heteroatoms. The predicted molar refractivity (Wildman–Crippen MR) is 60.5 cm³/mol. The van der Waals surface area contributed by atoms with E-state index in [0.29, 0.717) is 11.9 Å². The van der Waals surface area contributed by atoms with E-state index in [-0.39, 0.29) is 0 Å². The second-order valence-electron chi connectivity index (χ2n) is 3.71. The molecular weight excluding hydrogens is 194 g/mol. The molecule has 0 spiro atoms. The second kappa shape index (κ2) is 4.36. The zero-order chi connectivity index (χ0) is 9.97. The van der Waals surface area contributed by atoms with Crippen LogP contribution in [0.5, 0.6) is 0 Å². The molecule has 3 nitrogen and oxygen atoms in total. The molecule has 1 aromatic heterocycles. The van der Waals surface area contributed by atoms with Gasteiger partial charge in [0.25, 0.3) is 0 Å². The summed E-state index contributed by atoms with van der Waals surface area (Å²) < 4.78 is 2.17. The first-order valence-electron chi connectivity index (χ1n) is 5.17. The first-order valence-corrected chi connectivity index (χ1v) is 6.22. The van der Waals surface area contributed by atoms with Crippen molar-refractivity contribution in [3.05, 3.63) is 17.5 Å². The average Bonchev–Trinajstić information content (AvgIpc) is 2.77. The molecule has 2 N–H and O–H groups in total. The quantitative estimate of drug-likeness (QED) is 0.828. The lowest BCUT2D eigenvalue weighted by Crippen LogP contribution is -2.07. The van der Waals surface area contributed by atoms with Crippen molar-refractivity contribution in [1.82, 2.24) is 9.78 Å². The van der Waals surface area contributed by atoms with Gasteiger partial charge in [-0.15, -0.1) is 11.8 Å². The normalized spacial score (nSPS) is 21.7. The Balaban J connectivity index is 2.17. The highest BCUT2D eigenvalue weighted by Gasteiger charge is 2.20. The van der Waals surface area contributed by atoms with Crippen LogP contribution in [0.1, 0.15) is 29.5 Å². The summed E-state index contributed by atoms with van der Waals surface area (Å²) in [6.45, 7) is 2.86. The zero-order valence-electron chi connectivity index (χ0n) is 8.57. The van der Waals surface area contributed by atoms with E-state index in [9.17, 15) is 0 Å². The van der Waals surface area contributed by atoms with Gasteiger partial charge in [-0.3, -0.25) is 4.68 Å². The fourth-order valence-corrected chi connectivity index (χ4v) is 3.20. The second-order valence-corrected chi connectivity index (χ2v) is 4.99. The molecule has 1 aromatic rings. The monoisotopic (exact) mass is 211 g/mol. The Labute approximate surface area is 89.1 Å². The Morgan fingerprint density at radius 1 is 1.71 bits per heavy atom. The largest absolute Gasteiger partial charge is 0.330 e. The average molecular weight is 211 g/mol. The first-order chi connectivity index (χ1) is 6.83. The van der Waals surface area contributed by atoms with E-state index in [0.717, 1.165) is 6.42 Å². The maximum Gasteiger partial charge on any atom is 0.0974 e. The van der Waals surface area contributed by atoms with Crippen LogP contribution in [0.15, 0.2) is 6.20 Å². The van der Waals surface area contributed by atoms with E-state index in [1.165, 1.54) is 29.9 Å². The Hall–Kier alpha value is -0.480. The van der Waals surface area contributed by atoms with Crippen LogP contribution >= 0.6 is 11.8 Å². The van der Waals surface area contributed by atoms with Crippen molar-refractivity contribution in [3.63, 3.8) is 0 Å². The Bertz CT molecular complexity index is 302. The van der Waals surface area contributed by atoms with E-state index in [1.54, 1.807) is 0 Å². The number of hydrogen-bond donors (Lipinski definition) is 1. The van der Waals surface area contributed by atoms with Crippen LogP contribution in [0.4, 0.5) is 0 Å². The third-order valence-corrected chi connectivity index (χ3v) is 4.08. The summed E-state index contributed by atoms with van der Waals surface area (Å²) in [6, 6.07) is 0. The molecule has 1 saturated heterocycles. The van der Waals surface area contributed by atoms with Crippen molar-refractivity contribution in [2.75, 3.05) is 12.3 Å². The lowest BCUT2D eigenvalue weighted by atomic mass is 10.2. The third kappa shape index (κ3) is 1.81. The molecule has 0 aromatic carbocycles. The van der Waals surface area contributed by atoms with Crippen LogP contribution in [-0.4, -0.2) is 22.1 Å². The van der Waals surface area contributed by atoms with Crippen LogP contribution in [-0.2, 0) is 6.42 Å². The lowest BCUT2D eigenvalue weighted by Gasteiger charge is -2.11. The van der Waals surface area contributed by atoms with Crippen molar-refractivity contribution < 1.29 is 0 Å². The molecule has 1 unspecified atom stereocenters. The number of rotatable bonds is 3. The van der Waals surface area contributed by atoms with Gasteiger partial charge in [-0.25, -0.2) is 0 Å².